The maximum atomic E-state index is 13.1. The molecular formula is C25H34O7. The lowest BCUT2D eigenvalue weighted by Crippen LogP contribution is -2.39. The van der Waals surface area contributed by atoms with Gasteiger partial charge in [-0.2, -0.15) is 0 Å². The fourth-order valence-corrected chi connectivity index (χ4v) is 3.60. The van der Waals surface area contributed by atoms with E-state index in [2.05, 4.69) is 6.58 Å². The molecule has 0 aromatic rings. The molecule has 0 aliphatic heterocycles. The number of hydrogen-bond acceptors (Lipinski definition) is 7. The van der Waals surface area contributed by atoms with Gasteiger partial charge in [-0.05, 0) is 58.8 Å². The van der Waals surface area contributed by atoms with E-state index in [1.54, 1.807) is 27.7 Å². The molecule has 0 saturated heterocycles. The van der Waals surface area contributed by atoms with Crippen LogP contribution in [-0.4, -0.2) is 51.7 Å². The van der Waals surface area contributed by atoms with Crippen LogP contribution in [0.15, 0.2) is 59.4 Å². The van der Waals surface area contributed by atoms with Gasteiger partial charge in [0.25, 0.3) is 0 Å². The Hall–Kier alpha value is -2.61. The molecule has 0 heterocycles. The molecule has 4 atom stereocenters. The maximum Gasteiger partial charge on any atom is 0.335 e. The van der Waals surface area contributed by atoms with Crippen molar-refractivity contribution in [3.63, 3.8) is 0 Å². The Morgan fingerprint density at radius 3 is 2.41 bits per heavy atom. The predicted molar refractivity (Wildman–Crippen MR) is 121 cm³/mol. The van der Waals surface area contributed by atoms with E-state index in [1.807, 2.05) is 0 Å². The lowest BCUT2D eigenvalue weighted by Gasteiger charge is -2.39. The van der Waals surface area contributed by atoms with Gasteiger partial charge in [-0.3, -0.25) is 9.59 Å². The van der Waals surface area contributed by atoms with E-state index in [-0.39, 0.29) is 29.8 Å². The topological polar surface area (TPSA) is 121 Å². The molecule has 0 aromatic heterocycles. The first-order valence-corrected chi connectivity index (χ1v) is 10.5. The summed E-state index contributed by atoms with van der Waals surface area (Å²) >= 11 is 0. The summed E-state index contributed by atoms with van der Waals surface area (Å²) in [5.41, 5.74) is 0.270. The number of ether oxygens (including phenoxy) is 1. The molecule has 0 saturated carbocycles. The predicted octanol–water partition coefficient (Wildman–Crippen LogP) is 2.73. The number of carbonyl (C=O) groups is 3. The van der Waals surface area contributed by atoms with Crippen LogP contribution in [0.1, 0.15) is 47.5 Å². The van der Waals surface area contributed by atoms with Crippen molar-refractivity contribution in [2.24, 2.45) is 11.3 Å². The first-order valence-electron chi connectivity index (χ1n) is 10.5. The van der Waals surface area contributed by atoms with Crippen LogP contribution in [0.3, 0.4) is 0 Å². The fraction of sp³-hybridized carbons (Fsp3) is 0.480. The molecule has 4 unspecified atom stereocenters. The third kappa shape index (κ3) is 7.22. The lowest BCUT2D eigenvalue weighted by molar-refractivity contribution is -0.132. The zero-order valence-corrected chi connectivity index (χ0v) is 19.4. The molecule has 0 amide bonds. The second kappa shape index (κ2) is 11.9. The van der Waals surface area contributed by atoms with E-state index in [1.165, 1.54) is 31.2 Å². The smallest absolute Gasteiger partial charge is 0.335 e. The van der Waals surface area contributed by atoms with E-state index in [0.717, 1.165) is 11.8 Å². The number of Topliss-reactive ketones (excluding diaryl/α,β-unsaturated/α-hetero) is 1. The molecule has 1 aliphatic rings. The monoisotopic (exact) mass is 446 g/mol. The van der Waals surface area contributed by atoms with Crippen LogP contribution >= 0.6 is 0 Å². The minimum Gasteiger partial charge on any atom is -0.432 e. The largest absolute Gasteiger partial charge is 0.432 e. The van der Waals surface area contributed by atoms with Crippen molar-refractivity contribution in [1.82, 2.24) is 0 Å². The molecule has 0 aromatic carbocycles. The molecule has 0 fully saturated rings. The highest BCUT2D eigenvalue weighted by atomic mass is 16.5. The van der Waals surface area contributed by atoms with Crippen LogP contribution in [0.4, 0.5) is 0 Å². The molecule has 0 bridgehead atoms. The number of rotatable bonds is 9. The van der Waals surface area contributed by atoms with Gasteiger partial charge in [0.15, 0.2) is 11.6 Å². The molecule has 7 nitrogen and oxygen atoms in total. The third-order valence-electron chi connectivity index (χ3n) is 5.55. The van der Waals surface area contributed by atoms with E-state index in [9.17, 15) is 29.7 Å². The number of hydrogen-bond donors (Lipinski definition) is 3. The number of aliphatic hydroxyl groups is 3. The lowest BCUT2D eigenvalue weighted by atomic mass is 9.66. The van der Waals surface area contributed by atoms with Gasteiger partial charge < -0.3 is 20.1 Å². The molecule has 176 valence electrons. The summed E-state index contributed by atoms with van der Waals surface area (Å²) in [4.78, 5) is 36.9. The van der Waals surface area contributed by atoms with E-state index in [0.29, 0.717) is 5.57 Å². The number of allylic oxidation sites excluding steroid dienone is 4. The minimum absolute atomic E-state index is 0.0332. The van der Waals surface area contributed by atoms with Crippen molar-refractivity contribution in [2.75, 3.05) is 6.61 Å². The zero-order valence-electron chi connectivity index (χ0n) is 19.4. The van der Waals surface area contributed by atoms with Gasteiger partial charge >= 0.3 is 5.97 Å². The molecule has 0 spiro atoms. The highest BCUT2D eigenvalue weighted by Gasteiger charge is 2.45. The second-order valence-electron chi connectivity index (χ2n) is 8.71. The highest BCUT2D eigenvalue weighted by molar-refractivity contribution is 6.12. The van der Waals surface area contributed by atoms with Crippen molar-refractivity contribution in [3.8, 4) is 0 Å². The quantitative estimate of drug-likeness (QED) is 0.215. The SMILES string of the molecule is C=C(C)C(O)CCC1(C)C(O)C=C(CO)C(=O)C(=CC(C)=O)C1C=COC(=O)C=C(C)C. The molecule has 7 heteroatoms. The van der Waals surface area contributed by atoms with Crippen LogP contribution < -0.4 is 0 Å². The minimum atomic E-state index is -1.19. The second-order valence-corrected chi connectivity index (χ2v) is 8.71. The molecule has 3 N–H and O–H groups in total. The van der Waals surface area contributed by atoms with Crippen LogP contribution in [-0.2, 0) is 19.1 Å². The van der Waals surface area contributed by atoms with Gasteiger partial charge in [0.05, 0.1) is 25.1 Å². The number of aliphatic hydroxyl groups excluding tert-OH is 3. The summed E-state index contributed by atoms with van der Waals surface area (Å²) in [6, 6.07) is 0. The van der Waals surface area contributed by atoms with Gasteiger partial charge in [0, 0.05) is 28.6 Å². The van der Waals surface area contributed by atoms with Gasteiger partial charge in [-0.15, -0.1) is 0 Å². The molecule has 0 radical (unpaired) electrons. The van der Waals surface area contributed by atoms with Crippen molar-refractivity contribution in [1.29, 1.82) is 0 Å². The average Bonchev–Trinajstić information content (AvgIpc) is 2.75. The molecule has 1 aliphatic carbocycles. The normalized spacial score (nSPS) is 25.8. The van der Waals surface area contributed by atoms with Crippen molar-refractivity contribution >= 4 is 17.5 Å². The van der Waals surface area contributed by atoms with Gasteiger partial charge in [0.1, 0.15) is 0 Å². The first-order chi connectivity index (χ1) is 14.8. The highest BCUT2D eigenvalue weighted by Crippen LogP contribution is 2.45. The Labute approximate surface area is 189 Å². The molecular weight excluding hydrogens is 412 g/mol. The Morgan fingerprint density at radius 2 is 1.91 bits per heavy atom. The van der Waals surface area contributed by atoms with Crippen LogP contribution in [0, 0.1) is 11.3 Å². The van der Waals surface area contributed by atoms with Crippen LogP contribution in [0.2, 0.25) is 0 Å². The van der Waals surface area contributed by atoms with Crippen LogP contribution in [0.5, 0.6) is 0 Å². The molecule has 32 heavy (non-hydrogen) atoms. The Bertz CT molecular complexity index is 871. The fourth-order valence-electron chi connectivity index (χ4n) is 3.60. The van der Waals surface area contributed by atoms with E-state index < -0.39 is 41.9 Å². The zero-order chi connectivity index (χ0) is 24.6. The summed E-state index contributed by atoms with van der Waals surface area (Å²) in [6.45, 7) is 11.3. The standard InChI is InChI=1S/C25H34O7/c1-15(2)11-23(30)32-10-8-20-19(12-17(5)27)24(31)18(14-26)13-22(29)25(20,6)9-7-21(28)16(3)4/h8,10-13,20-22,26,28-29H,3,7,9,14H2,1-2,4-6H3. The number of esters is 1. The summed E-state index contributed by atoms with van der Waals surface area (Å²) in [5.74, 6) is -2.40. The summed E-state index contributed by atoms with van der Waals surface area (Å²) in [7, 11) is 0. The van der Waals surface area contributed by atoms with Gasteiger partial charge in [0.2, 0.25) is 0 Å². The van der Waals surface area contributed by atoms with Crippen molar-refractivity contribution in [3.05, 3.63) is 59.4 Å². The van der Waals surface area contributed by atoms with Crippen molar-refractivity contribution in [2.45, 2.75) is 59.7 Å². The maximum absolute atomic E-state index is 13.1. The Kier molecular flexibility index (Phi) is 10.2. The van der Waals surface area contributed by atoms with E-state index in [4.69, 9.17) is 4.74 Å². The third-order valence-corrected chi connectivity index (χ3v) is 5.55. The number of ketones is 2. The number of carbonyl (C=O) groups excluding carboxylic acids is 3. The van der Waals surface area contributed by atoms with E-state index >= 15 is 0 Å². The van der Waals surface area contributed by atoms with Crippen molar-refractivity contribution < 1.29 is 34.4 Å². The Balaban J connectivity index is 3.54. The van der Waals surface area contributed by atoms with Crippen LogP contribution in [0.25, 0.3) is 0 Å². The summed E-state index contributed by atoms with van der Waals surface area (Å²) in [5, 5.41) is 30.9. The average molecular weight is 447 g/mol. The van der Waals surface area contributed by atoms with Gasteiger partial charge in [-0.1, -0.05) is 24.6 Å². The summed E-state index contributed by atoms with van der Waals surface area (Å²) in [6.07, 6.45) is 4.83. The molecule has 1 rings (SSSR count). The Morgan fingerprint density at radius 1 is 1.28 bits per heavy atom. The summed E-state index contributed by atoms with van der Waals surface area (Å²) < 4.78 is 5.10. The first kappa shape index (κ1) is 27.4. The van der Waals surface area contributed by atoms with Gasteiger partial charge in [-0.25, -0.2) is 4.79 Å².